The Labute approximate surface area is 131 Å². The summed E-state index contributed by atoms with van der Waals surface area (Å²) < 4.78 is 0. The van der Waals surface area contributed by atoms with Gasteiger partial charge in [-0.25, -0.2) is 9.97 Å². The number of rotatable bonds is 2. The summed E-state index contributed by atoms with van der Waals surface area (Å²) >= 11 is 11.5. The quantitative estimate of drug-likeness (QED) is 0.659. The first-order valence-corrected chi connectivity index (χ1v) is 7.22. The molecule has 0 aliphatic carbocycles. The number of carbonyl (C=O) groups is 1. The molecule has 1 aromatic carbocycles. The average molecular weight is 323 g/mol. The van der Waals surface area contributed by atoms with Crippen LogP contribution < -0.4 is 10.6 Å². The molecule has 0 saturated carbocycles. The third kappa shape index (κ3) is 3.15. The van der Waals surface area contributed by atoms with Crippen LogP contribution in [-0.2, 0) is 13.0 Å². The first-order chi connectivity index (χ1) is 10.1. The van der Waals surface area contributed by atoms with Gasteiger partial charge in [-0.1, -0.05) is 23.7 Å². The van der Waals surface area contributed by atoms with Gasteiger partial charge in [0.1, 0.15) is 11.0 Å². The summed E-state index contributed by atoms with van der Waals surface area (Å²) in [7, 11) is 0. The molecule has 3 rings (SSSR count). The smallest absolute Gasteiger partial charge is 0.257 e. The summed E-state index contributed by atoms with van der Waals surface area (Å²) in [6, 6.07) is 7.17. The first kappa shape index (κ1) is 14.3. The summed E-state index contributed by atoms with van der Waals surface area (Å²) in [5, 5.41) is 6.18. The molecule has 1 aromatic heterocycles. The Hall–Kier alpha value is -1.69. The maximum atomic E-state index is 12.4. The first-order valence-electron chi connectivity index (χ1n) is 6.46. The second-order valence-electron chi connectivity index (χ2n) is 4.67. The Morgan fingerprint density at radius 1 is 1.29 bits per heavy atom. The van der Waals surface area contributed by atoms with Crippen LogP contribution in [0.3, 0.4) is 0 Å². The molecule has 2 N–H and O–H groups in total. The fourth-order valence-corrected chi connectivity index (χ4v) is 2.79. The molecule has 1 aliphatic rings. The van der Waals surface area contributed by atoms with E-state index in [4.69, 9.17) is 23.2 Å². The van der Waals surface area contributed by atoms with E-state index in [0.29, 0.717) is 5.56 Å². The monoisotopic (exact) mass is 322 g/mol. The van der Waals surface area contributed by atoms with Crippen molar-refractivity contribution in [3.8, 4) is 0 Å². The lowest BCUT2D eigenvalue weighted by atomic mass is 9.95. The summed E-state index contributed by atoms with van der Waals surface area (Å²) in [4.78, 5) is 20.1. The lowest BCUT2D eigenvalue weighted by Crippen LogP contribution is -2.26. The maximum Gasteiger partial charge on any atom is 0.257 e. The van der Waals surface area contributed by atoms with E-state index in [1.54, 1.807) is 0 Å². The number of fused-ring (bicyclic) bond motifs is 1. The van der Waals surface area contributed by atoms with Crippen LogP contribution >= 0.6 is 23.2 Å². The molecular formula is C14H12Cl2N4O. The summed E-state index contributed by atoms with van der Waals surface area (Å²) in [5.41, 5.74) is 2.87. The highest BCUT2D eigenvalue weighted by Gasteiger charge is 2.17. The van der Waals surface area contributed by atoms with Crippen LogP contribution in [0.25, 0.3) is 0 Å². The number of amides is 1. The van der Waals surface area contributed by atoms with E-state index >= 15 is 0 Å². The molecule has 0 unspecified atom stereocenters. The van der Waals surface area contributed by atoms with Gasteiger partial charge in [-0.2, -0.15) is 0 Å². The van der Waals surface area contributed by atoms with Crippen LogP contribution in [0.2, 0.25) is 10.4 Å². The predicted molar refractivity (Wildman–Crippen MR) is 81.9 cm³/mol. The van der Waals surface area contributed by atoms with Gasteiger partial charge in [0.15, 0.2) is 0 Å². The van der Waals surface area contributed by atoms with E-state index in [0.717, 1.165) is 30.6 Å². The number of anilines is 1. The molecule has 0 spiro atoms. The van der Waals surface area contributed by atoms with Crippen LogP contribution in [0, 0.1) is 0 Å². The van der Waals surface area contributed by atoms with E-state index in [2.05, 4.69) is 20.6 Å². The Morgan fingerprint density at radius 2 is 2.14 bits per heavy atom. The van der Waals surface area contributed by atoms with Crippen molar-refractivity contribution in [2.45, 2.75) is 13.0 Å². The van der Waals surface area contributed by atoms with Crippen molar-refractivity contribution >= 4 is 34.9 Å². The zero-order chi connectivity index (χ0) is 14.8. The van der Waals surface area contributed by atoms with Crippen molar-refractivity contribution in [3.63, 3.8) is 0 Å². The van der Waals surface area contributed by atoms with Crippen LogP contribution in [0.5, 0.6) is 0 Å². The minimum Gasteiger partial charge on any atom is -0.312 e. The fraction of sp³-hybridized carbons (Fsp3) is 0.214. The van der Waals surface area contributed by atoms with Crippen LogP contribution in [0.4, 0.5) is 5.82 Å². The van der Waals surface area contributed by atoms with Crippen LogP contribution in [-0.4, -0.2) is 22.4 Å². The molecule has 108 valence electrons. The summed E-state index contributed by atoms with van der Waals surface area (Å²) in [6.07, 6.45) is 0.824. The lowest BCUT2D eigenvalue weighted by molar-refractivity contribution is 0.102. The Bertz CT molecular complexity index is 685. The van der Waals surface area contributed by atoms with Gasteiger partial charge in [-0.15, -0.1) is 0 Å². The third-order valence-electron chi connectivity index (χ3n) is 3.29. The molecule has 1 aliphatic heterocycles. The number of aromatic nitrogens is 2. The number of nitrogens with zero attached hydrogens (tertiary/aromatic N) is 2. The van der Waals surface area contributed by atoms with Gasteiger partial charge in [-0.05, 0) is 41.8 Å². The summed E-state index contributed by atoms with van der Waals surface area (Å²) in [5.74, 6) is 0.0659. The SMILES string of the molecule is O=C(Nc1cc(Cl)nc(Cl)n1)c1cccc2c1CCNC2. The molecule has 0 fully saturated rings. The Kier molecular flexibility index (Phi) is 4.05. The molecule has 5 nitrogen and oxygen atoms in total. The largest absolute Gasteiger partial charge is 0.312 e. The molecule has 2 heterocycles. The van der Waals surface area contributed by atoms with Gasteiger partial charge in [0.2, 0.25) is 5.28 Å². The molecule has 0 bridgehead atoms. The van der Waals surface area contributed by atoms with Crippen molar-refractivity contribution in [2.75, 3.05) is 11.9 Å². The van der Waals surface area contributed by atoms with Crippen molar-refractivity contribution in [1.29, 1.82) is 0 Å². The molecular weight excluding hydrogens is 311 g/mol. The number of carbonyl (C=O) groups excluding carboxylic acids is 1. The van der Waals surface area contributed by atoms with Crippen molar-refractivity contribution in [1.82, 2.24) is 15.3 Å². The molecule has 1 amide bonds. The normalized spacial score (nSPS) is 13.6. The van der Waals surface area contributed by atoms with Crippen molar-refractivity contribution in [3.05, 3.63) is 51.4 Å². The third-order valence-corrected chi connectivity index (χ3v) is 3.66. The zero-order valence-electron chi connectivity index (χ0n) is 11.0. The van der Waals surface area contributed by atoms with Crippen molar-refractivity contribution < 1.29 is 4.79 Å². The van der Waals surface area contributed by atoms with E-state index < -0.39 is 0 Å². The zero-order valence-corrected chi connectivity index (χ0v) is 12.5. The lowest BCUT2D eigenvalue weighted by Gasteiger charge is -2.19. The van der Waals surface area contributed by atoms with Gasteiger partial charge in [-0.3, -0.25) is 4.79 Å². The summed E-state index contributed by atoms with van der Waals surface area (Å²) in [6.45, 7) is 1.64. The van der Waals surface area contributed by atoms with Gasteiger partial charge < -0.3 is 10.6 Å². The molecule has 0 atom stereocenters. The molecule has 2 aromatic rings. The van der Waals surface area contributed by atoms with Gasteiger partial charge in [0.05, 0.1) is 0 Å². The molecule has 7 heteroatoms. The standard InChI is InChI=1S/C14H12Cl2N4O/c15-11-6-12(20-14(16)18-11)19-13(21)10-3-1-2-8-7-17-5-4-9(8)10/h1-3,6,17H,4-5,7H2,(H,18,19,20,21). The van der Waals surface area contributed by atoms with E-state index in [-0.39, 0.29) is 22.2 Å². The highest BCUT2D eigenvalue weighted by atomic mass is 35.5. The second-order valence-corrected chi connectivity index (χ2v) is 5.39. The Morgan fingerprint density at radius 3 is 2.95 bits per heavy atom. The number of hydrogen-bond donors (Lipinski definition) is 2. The minimum atomic E-state index is -0.223. The highest BCUT2D eigenvalue weighted by molar-refractivity contribution is 6.32. The predicted octanol–water partition coefficient (Wildman–Crippen LogP) is 2.68. The van der Waals surface area contributed by atoms with E-state index in [1.807, 2.05) is 18.2 Å². The second kappa shape index (κ2) is 5.97. The molecule has 0 radical (unpaired) electrons. The van der Waals surface area contributed by atoms with Crippen LogP contribution in [0.15, 0.2) is 24.3 Å². The van der Waals surface area contributed by atoms with E-state index in [9.17, 15) is 4.79 Å². The van der Waals surface area contributed by atoms with Crippen LogP contribution in [0.1, 0.15) is 21.5 Å². The van der Waals surface area contributed by atoms with E-state index in [1.165, 1.54) is 6.07 Å². The van der Waals surface area contributed by atoms with Gasteiger partial charge in [0.25, 0.3) is 5.91 Å². The number of nitrogens with one attached hydrogen (secondary N) is 2. The number of halogens is 2. The number of benzene rings is 1. The number of hydrogen-bond acceptors (Lipinski definition) is 4. The minimum absolute atomic E-state index is 0.00269. The average Bonchev–Trinajstić information content (AvgIpc) is 2.45. The maximum absolute atomic E-state index is 12.4. The van der Waals surface area contributed by atoms with Gasteiger partial charge in [0, 0.05) is 18.2 Å². The molecule has 21 heavy (non-hydrogen) atoms. The fourth-order valence-electron chi connectivity index (χ4n) is 2.38. The van der Waals surface area contributed by atoms with Crippen molar-refractivity contribution in [2.24, 2.45) is 0 Å². The molecule has 0 saturated heterocycles. The topological polar surface area (TPSA) is 66.9 Å². The van der Waals surface area contributed by atoms with Gasteiger partial charge >= 0.3 is 0 Å². The Balaban J connectivity index is 1.89. The highest BCUT2D eigenvalue weighted by Crippen LogP contribution is 2.21.